The molecule has 0 unspecified atom stereocenters. The number of hydrogen-bond donors (Lipinski definition) is 1. The molecule has 0 heterocycles. The summed E-state index contributed by atoms with van der Waals surface area (Å²) in [5.74, 6) is -0.378. The van der Waals surface area contributed by atoms with Crippen molar-refractivity contribution in [1.82, 2.24) is 0 Å². The van der Waals surface area contributed by atoms with Gasteiger partial charge in [0.2, 0.25) is 5.91 Å². The molecule has 2 N–H and O–H groups in total. The van der Waals surface area contributed by atoms with Gasteiger partial charge in [0, 0.05) is 10.6 Å². The molecule has 0 radical (unpaired) electrons. The summed E-state index contributed by atoms with van der Waals surface area (Å²) >= 11 is 0. The number of azide groups is 1. The highest BCUT2D eigenvalue weighted by Crippen LogP contribution is 2.12. The van der Waals surface area contributed by atoms with Crippen LogP contribution in [0.4, 0.5) is 5.69 Å². The van der Waals surface area contributed by atoms with E-state index in [0.717, 1.165) is 5.56 Å². The lowest BCUT2D eigenvalue weighted by molar-refractivity contribution is -0.117. The largest absolute Gasteiger partial charge is 0.369 e. The third kappa shape index (κ3) is 2.84. The van der Waals surface area contributed by atoms with Gasteiger partial charge >= 0.3 is 0 Å². The maximum Gasteiger partial charge on any atom is 0.221 e. The summed E-state index contributed by atoms with van der Waals surface area (Å²) in [6, 6.07) is 6.68. The third-order valence-electron chi connectivity index (χ3n) is 1.47. The molecule has 13 heavy (non-hydrogen) atoms. The molecule has 0 saturated carbocycles. The fraction of sp³-hybridized carbons (Fsp3) is 0.125. The van der Waals surface area contributed by atoms with Crippen LogP contribution in [-0.2, 0) is 11.2 Å². The zero-order valence-corrected chi connectivity index (χ0v) is 6.84. The summed E-state index contributed by atoms with van der Waals surface area (Å²) in [5.41, 5.74) is 14.5. The first-order valence-corrected chi connectivity index (χ1v) is 3.64. The number of benzene rings is 1. The predicted molar refractivity (Wildman–Crippen MR) is 48.1 cm³/mol. The summed E-state index contributed by atoms with van der Waals surface area (Å²) in [5, 5.41) is 3.39. The molecule has 1 amide bonds. The van der Waals surface area contributed by atoms with Crippen molar-refractivity contribution in [3.05, 3.63) is 40.3 Å². The summed E-state index contributed by atoms with van der Waals surface area (Å²) in [6.45, 7) is 0. The lowest BCUT2D eigenvalue weighted by atomic mass is 10.1. The Morgan fingerprint density at radius 3 is 2.54 bits per heavy atom. The molecule has 0 fully saturated rings. The summed E-state index contributed by atoms with van der Waals surface area (Å²) < 4.78 is 0. The van der Waals surface area contributed by atoms with Crippen LogP contribution in [0.5, 0.6) is 0 Å². The van der Waals surface area contributed by atoms with E-state index in [2.05, 4.69) is 10.0 Å². The number of amides is 1. The number of hydrogen-bond acceptors (Lipinski definition) is 2. The van der Waals surface area contributed by atoms with Crippen molar-refractivity contribution >= 4 is 11.6 Å². The van der Waals surface area contributed by atoms with E-state index < -0.39 is 0 Å². The number of carbonyl (C=O) groups is 1. The Morgan fingerprint density at radius 1 is 1.46 bits per heavy atom. The fourth-order valence-corrected chi connectivity index (χ4v) is 0.933. The van der Waals surface area contributed by atoms with E-state index >= 15 is 0 Å². The second kappa shape index (κ2) is 4.13. The number of rotatable bonds is 3. The monoisotopic (exact) mass is 176 g/mol. The fourth-order valence-electron chi connectivity index (χ4n) is 0.933. The molecule has 0 spiro atoms. The van der Waals surface area contributed by atoms with Crippen LogP contribution in [0.1, 0.15) is 5.56 Å². The SMILES string of the molecule is [N-]=[N+]=Nc1ccc(CC(N)=O)cc1. The minimum Gasteiger partial charge on any atom is -0.369 e. The van der Waals surface area contributed by atoms with Crippen LogP contribution in [-0.4, -0.2) is 5.91 Å². The van der Waals surface area contributed by atoms with Crippen LogP contribution >= 0.6 is 0 Å². The van der Waals surface area contributed by atoms with Crippen LogP contribution < -0.4 is 5.73 Å². The molecule has 1 aromatic rings. The van der Waals surface area contributed by atoms with Crippen LogP contribution in [0.3, 0.4) is 0 Å². The van der Waals surface area contributed by atoms with Gasteiger partial charge in [0.1, 0.15) is 0 Å². The second-order valence-electron chi connectivity index (χ2n) is 2.50. The highest BCUT2D eigenvalue weighted by atomic mass is 16.1. The summed E-state index contributed by atoms with van der Waals surface area (Å²) in [7, 11) is 0. The van der Waals surface area contributed by atoms with Crippen molar-refractivity contribution in [2.24, 2.45) is 10.8 Å². The third-order valence-corrected chi connectivity index (χ3v) is 1.47. The van der Waals surface area contributed by atoms with Gasteiger partial charge < -0.3 is 5.73 Å². The van der Waals surface area contributed by atoms with Gasteiger partial charge in [0.15, 0.2) is 0 Å². The van der Waals surface area contributed by atoms with Crippen LogP contribution in [0.25, 0.3) is 10.4 Å². The molecule has 0 aromatic heterocycles. The van der Waals surface area contributed by atoms with Crippen LogP contribution in [0.15, 0.2) is 29.4 Å². The van der Waals surface area contributed by atoms with E-state index in [4.69, 9.17) is 11.3 Å². The Labute approximate surface area is 74.8 Å². The Morgan fingerprint density at radius 2 is 2.08 bits per heavy atom. The Balaban J connectivity index is 2.80. The normalized spacial score (nSPS) is 8.92. The zero-order valence-electron chi connectivity index (χ0n) is 6.84. The van der Waals surface area contributed by atoms with Crippen molar-refractivity contribution in [2.45, 2.75) is 6.42 Å². The number of primary amides is 1. The molecular weight excluding hydrogens is 168 g/mol. The molecule has 5 heteroatoms. The minimum atomic E-state index is -0.378. The number of carbonyl (C=O) groups excluding carboxylic acids is 1. The van der Waals surface area contributed by atoms with Gasteiger partial charge in [-0.1, -0.05) is 29.4 Å². The van der Waals surface area contributed by atoms with E-state index in [1.807, 2.05) is 0 Å². The number of nitrogens with two attached hydrogens (primary N) is 1. The van der Waals surface area contributed by atoms with Crippen molar-refractivity contribution in [3.8, 4) is 0 Å². The van der Waals surface area contributed by atoms with Crippen LogP contribution in [0, 0.1) is 0 Å². The van der Waals surface area contributed by atoms with Crippen molar-refractivity contribution < 1.29 is 4.79 Å². The highest BCUT2D eigenvalue weighted by Gasteiger charge is 1.97. The number of nitrogens with zero attached hydrogens (tertiary/aromatic N) is 3. The first-order chi connectivity index (χ1) is 6.22. The van der Waals surface area contributed by atoms with Gasteiger partial charge in [0.05, 0.1) is 6.42 Å². The molecule has 0 bridgehead atoms. The molecule has 0 aliphatic heterocycles. The van der Waals surface area contributed by atoms with E-state index in [1.165, 1.54) is 0 Å². The second-order valence-corrected chi connectivity index (χ2v) is 2.50. The Kier molecular flexibility index (Phi) is 2.89. The standard InChI is InChI=1S/C8H8N4O/c9-8(13)5-6-1-3-7(4-2-6)11-12-10/h1-4H,5H2,(H2,9,13). The molecule has 0 atom stereocenters. The predicted octanol–water partition coefficient (Wildman–Crippen LogP) is 1.66. The van der Waals surface area contributed by atoms with Gasteiger partial charge in [0.25, 0.3) is 0 Å². The summed E-state index contributed by atoms with van der Waals surface area (Å²) in [6.07, 6.45) is 0.205. The lowest BCUT2D eigenvalue weighted by Crippen LogP contribution is -2.13. The topological polar surface area (TPSA) is 91.8 Å². The molecule has 66 valence electrons. The van der Waals surface area contributed by atoms with E-state index in [-0.39, 0.29) is 12.3 Å². The first-order valence-electron chi connectivity index (χ1n) is 3.64. The van der Waals surface area contributed by atoms with Gasteiger partial charge in [-0.25, -0.2) is 0 Å². The molecule has 1 aromatic carbocycles. The molecule has 0 aliphatic carbocycles. The van der Waals surface area contributed by atoms with Crippen molar-refractivity contribution in [2.75, 3.05) is 0 Å². The molecule has 1 rings (SSSR count). The molecule has 0 aliphatic rings. The first kappa shape index (κ1) is 9.09. The molecule has 0 saturated heterocycles. The minimum absolute atomic E-state index is 0.205. The van der Waals surface area contributed by atoms with Crippen molar-refractivity contribution in [1.29, 1.82) is 0 Å². The molecular formula is C8H8N4O. The van der Waals surface area contributed by atoms with Crippen molar-refractivity contribution in [3.63, 3.8) is 0 Å². The molecule has 5 nitrogen and oxygen atoms in total. The van der Waals surface area contributed by atoms with Gasteiger partial charge in [-0.3, -0.25) is 4.79 Å². The maximum atomic E-state index is 10.5. The smallest absolute Gasteiger partial charge is 0.221 e. The average Bonchev–Trinajstić information content (AvgIpc) is 2.08. The van der Waals surface area contributed by atoms with Gasteiger partial charge in [-0.05, 0) is 11.1 Å². The summed E-state index contributed by atoms with van der Waals surface area (Å²) in [4.78, 5) is 13.1. The maximum absolute atomic E-state index is 10.5. The average molecular weight is 176 g/mol. The lowest BCUT2D eigenvalue weighted by Gasteiger charge is -1.96. The highest BCUT2D eigenvalue weighted by molar-refractivity contribution is 5.76. The Bertz CT molecular complexity index is 351. The van der Waals surface area contributed by atoms with Crippen LogP contribution in [0.2, 0.25) is 0 Å². The van der Waals surface area contributed by atoms with Gasteiger partial charge in [-0.2, -0.15) is 0 Å². The van der Waals surface area contributed by atoms with E-state index in [1.54, 1.807) is 24.3 Å². The Hall–Kier alpha value is -2.00. The zero-order chi connectivity index (χ0) is 9.68. The quantitative estimate of drug-likeness (QED) is 0.423. The van der Waals surface area contributed by atoms with E-state index in [9.17, 15) is 4.79 Å². The van der Waals surface area contributed by atoms with Gasteiger partial charge in [-0.15, -0.1) is 0 Å². The van der Waals surface area contributed by atoms with E-state index in [0.29, 0.717) is 5.69 Å².